The molecule has 1 aromatic carbocycles. The first-order valence-corrected chi connectivity index (χ1v) is 5.72. The van der Waals surface area contributed by atoms with E-state index in [1.165, 1.54) is 5.56 Å². The summed E-state index contributed by atoms with van der Waals surface area (Å²) in [6, 6.07) is 10.3. The van der Waals surface area contributed by atoms with Gasteiger partial charge in [-0.05, 0) is 19.5 Å². The summed E-state index contributed by atoms with van der Waals surface area (Å²) in [4.78, 5) is 2.19. The lowest BCUT2D eigenvalue weighted by molar-refractivity contribution is 0.161. The van der Waals surface area contributed by atoms with Crippen molar-refractivity contribution in [3.8, 4) is 0 Å². The average Bonchev–Trinajstić information content (AvgIpc) is 2.27. The highest BCUT2D eigenvalue weighted by Crippen LogP contribution is 2.07. The van der Waals surface area contributed by atoms with Gasteiger partial charge in [-0.3, -0.25) is 0 Å². The molecule has 3 nitrogen and oxygen atoms in total. The number of nitrogens with two attached hydrogens (primary N) is 1. The van der Waals surface area contributed by atoms with Gasteiger partial charge in [-0.1, -0.05) is 30.3 Å². The summed E-state index contributed by atoms with van der Waals surface area (Å²) in [6.45, 7) is 3.81. The third-order valence-electron chi connectivity index (χ3n) is 2.82. The third-order valence-corrected chi connectivity index (χ3v) is 2.82. The van der Waals surface area contributed by atoms with Crippen LogP contribution < -0.4 is 5.73 Å². The van der Waals surface area contributed by atoms with E-state index in [4.69, 9.17) is 5.73 Å². The lowest BCUT2D eigenvalue weighted by Gasteiger charge is -2.25. The Morgan fingerprint density at radius 1 is 1.31 bits per heavy atom. The molecule has 0 bridgehead atoms. The average molecular weight is 222 g/mol. The second-order valence-corrected chi connectivity index (χ2v) is 4.48. The van der Waals surface area contributed by atoms with Crippen molar-refractivity contribution in [3.63, 3.8) is 0 Å². The Morgan fingerprint density at radius 3 is 2.44 bits per heavy atom. The Labute approximate surface area is 97.9 Å². The molecule has 0 amide bonds. The van der Waals surface area contributed by atoms with Crippen LogP contribution in [0.25, 0.3) is 0 Å². The van der Waals surface area contributed by atoms with Gasteiger partial charge in [0.25, 0.3) is 0 Å². The maximum absolute atomic E-state index is 9.20. The first kappa shape index (κ1) is 13.2. The Balaban J connectivity index is 2.44. The second kappa shape index (κ2) is 6.63. The molecule has 0 aliphatic carbocycles. The van der Waals surface area contributed by atoms with E-state index in [1.807, 2.05) is 25.1 Å². The molecule has 3 N–H and O–H groups in total. The molecule has 0 fully saturated rings. The van der Waals surface area contributed by atoms with E-state index in [0.717, 1.165) is 13.1 Å². The van der Waals surface area contributed by atoms with Crippen molar-refractivity contribution in [3.05, 3.63) is 35.9 Å². The molecule has 16 heavy (non-hydrogen) atoms. The Bertz CT molecular complexity index is 287. The van der Waals surface area contributed by atoms with Gasteiger partial charge >= 0.3 is 0 Å². The first-order chi connectivity index (χ1) is 7.63. The molecule has 0 aliphatic rings. The monoisotopic (exact) mass is 222 g/mol. The van der Waals surface area contributed by atoms with Gasteiger partial charge < -0.3 is 15.7 Å². The van der Waals surface area contributed by atoms with Crippen LogP contribution in [-0.4, -0.2) is 36.2 Å². The summed E-state index contributed by atoms with van der Waals surface area (Å²) < 4.78 is 0. The SMILES string of the molecule is CC(N)C(CO)CN(C)Cc1ccccc1. The molecule has 0 saturated heterocycles. The maximum Gasteiger partial charge on any atom is 0.0486 e. The van der Waals surface area contributed by atoms with E-state index in [1.54, 1.807) is 0 Å². The number of aliphatic hydroxyl groups is 1. The highest BCUT2D eigenvalue weighted by atomic mass is 16.3. The van der Waals surface area contributed by atoms with Crippen molar-refractivity contribution >= 4 is 0 Å². The molecular formula is C13H22N2O. The highest BCUT2D eigenvalue weighted by Gasteiger charge is 2.14. The van der Waals surface area contributed by atoms with E-state index in [9.17, 15) is 5.11 Å². The topological polar surface area (TPSA) is 49.5 Å². The summed E-state index contributed by atoms with van der Waals surface area (Å²) >= 11 is 0. The van der Waals surface area contributed by atoms with Crippen molar-refractivity contribution in [1.29, 1.82) is 0 Å². The van der Waals surface area contributed by atoms with Crippen LogP contribution in [0.1, 0.15) is 12.5 Å². The number of nitrogens with zero attached hydrogens (tertiary/aromatic N) is 1. The minimum Gasteiger partial charge on any atom is -0.396 e. The van der Waals surface area contributed by atoms with Gasteiger partial charge in [-0.15, -0.1) is 0 Å². The Morgan fingerprint density at radius 2 is 1.94 bits per heavy atom. The molecule has 1 aromatic rings. The van der Waals surface area contributed by atoms with Crippen LogP contribution >= 0.6 is 0 Å². The van der Waals surface area contributed by atoms with E-state index in [2.05, 4.69) is 24.1 Å². The normalized spacial score (nSPS) is 15.1. The van der Waals surface area contributed by atoms with E-state index in [-0.39, 0.29) is 18.6 Å². The molecule has 90 valence electrons. The van der Waals surface area contributed by atoms with Gasteiger partial charge in [-0.2, -0.15) is 0 Å². The van der Waals surface area contributed by atoms with Crippen LogP contribution in [0.4, 0.5) is 0 Å². The molecule has 0 aromatic heterocycles. The van der Waals surface area contributed by atoms with Gasteiger partial charge in [0.05, 0.1) is 0 Å². The summed E-state index contributed by atoms with van der Waals surface area (Å²) in [5.41, 5.74) is 7.09. The minimum atomic E-state index is 0.0308. The van der Waals surface area contributed by atoms with Crippen molar-refractivity contribution in [2.75, 3.05) is 20.2 Å². The fraction of sp³-hybridized carbons (Fsp3) is 0.538. The largest absolute Gasteiger partial charge is 0.396 e. The molecule has 0 radical (unpaired) electrons. The van der Waals surface area contributed by atoms with Crippen molar-refractivity contribution in [1.82, 2.24) is 4.90 Å². The standard InChI is InChI=1S/C13H22N2O/c1-11(14)13(10-16)9-15(2)8-12-6-4-3-5-7-12/h3-7,11,13,16H,8-10,14H2,1-2H3. The van der Waals surface area contributed by atoms with Crippen molar-refractivity contribution in [2.24, 2.45) is 11.7 Å². The van der Waals surface area contributed by atoms with Crippen LogP contribution in [-0.2, 0) is 6.54 Å². The molecule has 2 atom stereocenters. The number of aliphatic hydroxyl groups excluding tert-OH is 1. The Hall–Kier alpha value is -0.900. The fourth-order valence-electron chi connectivity index (χ4n) is 1.75. The van der Waals surface area contributed by atoms with Gasteiger partial charge in [0.15, 0.2) is 0 Å². The molecule has 2 unspecified atom stereocenters. The van der Waals surface area contributed by atoms with Crippen molar-refractivity contribution < 1.29 is 5.11 Å². The fourth-order valence-corrected chi connectivity index (χ4v) is 1.75. The number of rotatable bonds is 6. The number of benzene rings is 1. The highest BCUT2D eigenvalue weighted by molar-refractivity contribution is 5.14. The van der Waals surface area contributed by atoms with E-state index in [0.29, 0.717) is 0 Å². The molecule has 0 aliphatic heterocycles. The zero-order chi connectivity index (χ0) is 12.0. The summed E-state index contributed by atoms with van der Waals surface area (Å²) in [7, 11) is 2.05. The summed E-state index contributed by atoms with van der Waals surface area (Å²) in [5, 5.41) is 9.20. The molecule has 1 rings (SSSR count). The first-order valence-electron chi connectivity index (χ1n) is 5.72. The number of hydrogen-bond donors (Lipinski definition) is 2. The van der Waals surface area contributed by atoms with Gasteiger partial charge in [0.1, 0.15) is 0 Å². The minimum absolute atomic E-state index is 0.0308. The van der Waals surface area contributed by atoms with Gasteiger partial charge in [0.2, 0.25) is 0 Å². The van der Waals surface area contributed by atoms with Crippen LogP contribution in [0.15, 0.2) is 30.3 Å². The summed E-state index contributed by atoms with van der Waals surface area (Å²) in [6.07, 6.45) is 0. The predicted molar refractivity (Wildman–Crippen MR) is 67.0 cm³/mol. The quantitative estimate of drug-likeness (QED) is 0.757. The van der Waals surface area contributed by atoms with Crippen LogP contribution in [0, 0.1) is 5.92 Å². The molecular weight excluding hydrogens is 200 g/mol. The molecule has 3 heteroatoms. The maximum atomic E-state index is 9.20. The third kappa shape index (κ3) is 4.31. The Kier molecular flexibility index (Phi) is 5.46. The van der Waals surface area contributed by atoms with Gasteiger partial charge in [0, 0.05) is 31.7 Å². The zero-order valence-corrected chi connectivity index (χ0v) is 10.1. The lowest BCUT2D eigenvalue weighted by Crippen LogP contribution is -2.38. The van der Waals surface area contributed by atoms with Crippen LogP contribution in [0.5, 0.6) is 0 Å². The van der Waals surface area contributed by atoms with Gasteiger partial charge in [-0.25, -0.2) is 0 Å². The molecule has 0 spiro atoms. The van der Waals surface area contributed by atoms with E-state index < -0.39 is 0 Å². The smallest absolute Gasteiger partial charge is 0.0486 e. The van der Waals surface area contributed by atoms with E-state index >= 15 is 0 Å². The molecule has 0 saturated carbocycles. The summed E-state index contributed by atoms with van der Waals surface area (Å²) in [5.74, 6) is 0.147. The van der Waals surface area contributed by atoms with Crippen molar-refractivity contribution in [2.45, 2.75) is 19.5 Å². The lowest BCUT2D eigenvalue weighted by atomic mass is 10.0. The van der Waals surface area contributed by atoms with Crippen LogP contribution in [0.3, 0.4) is 0 Å². The zero-order valence-electron chi connectivity index (χ0n) is 10.1. The second-order valence-electron chi connectivity index (χ2n) is 4.48. The number of hydrogen-bond acceptors (Lipinski definition) is 3. The van der Waals surface area contributed by atoms with Crippen LogP contribution in [0.2, 0.25) is 0 Å². The predicted octanol–water partition coefficient (Wildman–Crippen LogP) is 1.07. The molecule has 0 heterocycles.